The molecule has 0 radical (unpaired) electrons. The highest BCUT2D eigenvalue weighted by Crippen LogP contribution is 2.10. The summed E-state index contributed by atoms with van der Waals surface area (Å²) in [4.78, 5) is 0. The van der Waals surface area contributed by atoms with E-state index in [-0.39, 0.29) is 18.5 Å². The summed E-state index contributed by atoms with van der Waals surface area (Å²) in [5.41, 5.74) is 0.964. The summed E-state index contributed by atoms with van der Waals surface area (Å²) in [5, 5.41) is 20.6. The van der Waals surface area contributed by atoms with Crippen molar-refractivity contribution in [2.24, 2.45) is 0 Å². The van der Waals surface area contributed by atoms with Crippen molar-refractivity contribution in [1.82, 2.24) is 5.32 Å². The second kappa shape index (κ2) is 7.00. The van der Waals surface area contributed by atoms with E-state index in [1.54, 1.807) is 6.07 Å². The van der Waals surface area contributed by atoms with Crippen LogP contribution in [0, 0.1) is 17.1 Å². The highest BCUT2D eigenvalue weighted by Gasteiger charge is 2.06. The molecule has 1 aromatic rings. The van der Waals surface area contributed by atoms with Crippen LogP contribution < -0.4 is 5.32 Å². The van der Waals surface area contributed by atoms with Gasteiger partial charge in [0.05, 0.1) is 11.6 Å². The van der Waals surface area contributed by atoms with Crippen molar-refractivity contribution in [2.75, 3.05) is 6.61 Å². The van der Waals surface area contributed by atoms with Crippen LogP contribution in [-0.2, 0) is 6.54 Å². The van der Waals surface area contributed by atoms with Gasteiger partial charge in [-0.05, 0) is 38.0 Å². The summed E-state index contributed by atoms with van der Waals surface area (Å²) < 4.78 is 13.4. The Morgan fingerprint density at radius 3 is 2.94 bits per heavy atom. The molecule has 0 aliphatic rings. The first kappa shape index (κ1) is 13.6. The summed E-state index contributed by atoms with van der Waals surface area (Å²) in [6.07, 6.45) is 1.57. The molecule has 1 unspecified atom stereocenters. The molecule has 0 bridgehead atoms. The molecule has 0 saturated carbocycles. The number of nitrogens with one attached hydrogen (secondary N) is 1. The summed E-state index contributed by atoms with van der Waals surface area (Å²) in [7, 11) is 0. The Labute approximate surface area is 101 Å². The lowest BCUT2D eigenvalue weighted by atomic mass is 10.1. The molecule has 17 heavy (non-hydrogen) atoms. The Morgan fingerprint density at radius 2 is 2.29 bits per heavy atom. The third kappa shape index (κ3) is 4.51. The predicted octanol–water partition coefficient (Wildman–Crippen LogP) is 1.95. The molecule has 2 N–H and O–H groups in total. The molecule has 0 saturated heterocycles. The zero-order chi connectivity index (χ0) is 12.7. The number of nitriles is 1. The zero-order valence-corrected chi connectivity index (χ0v) is 9.91. The van der Waals surface area contributed by atoms with Gasteiger partial charge in [-0.25, -0.2) is 4.39 Å². The van der Waals surface area contributed by atoms with Crippen LogP contribution in [0.5, 0.6) is 0 Å². The summed E-state index contributed by atoms with van der Waals surface area (Å²) in [6, 6.07) is 6.54. The molecule has 0 heterocycles. The summed E-state index contributed by atoms with van der Waals surface area (Å²) in [5.74, 6) is -0.300. The Hall–Kier alpha value is -1.44. The van der Waals surface area contributed by atoms with Crippen molar-refractivity contribution in [3.63, 3.8) is 0 Å². The van der Waals surface area contributed by atoms with Crippen LogP contribution in [0.2, 0.25) is 0 Å². The number of aliphatic hydroxyl groups is 1. The smallest absolute Gasteiger partial charge is 0.127 e. The van der Waals surface area contributed by atoms with Crippen molar-refractivity contribution in [3.8, 4) is 6.07 Å². The molecule has 0 spiro atoms. The first-order valence-electron chi connectivity index (χ1n) is 5.70. The Bertz CT molecular complexity index is 401. The highest BCUT2D eigenvalue weighted by atomic mass is 19.1. The van der Waals surface area contributed by atoms with Crippen molar-refractivity contribution < 1.29 is 9.50 Å². The van der Waals surface area contributed by atoms with E-state index >= 15 is 0 Å². The number of rotatable bonds is 6. The van der Waals surface area contributed by atoms with Crippen LogP contribution in [0.3, 0.4) is 0 Å². The minimum Gasteiger partial charge on any atom is -0.396 e. The van der Waals surface area contributed by atoms with E-state index in [1.807, 2.05) is 13.0 Å². The monoisotopic (exact) mass is 236 g/mol. The molecule has 1 atom stereocenters. The van der Waals surface area contributed by atoms with Gasteiger partial charge >= 0.3 is 0 Å². The lowest BCUT2D eigenvalue weighted by Crippen LogP contribution is -2.26. The average molecular weight is 236 g/mol. The average Bonchev–Trinajstić information content (AvgIpc) is 2.35. The van der Waals surface area contributed by atoms with Gasteiger partial charge in [-0.2, -0.15) is 5.26 Å². The Morgan fingerprint density at radius 1 is 1.53 bits per heavy atom. The topological polar surface area (TPSA) is 56.0 Å². The van der Waals surface area contributed by atoms with Crippen LogP contribution in [0.1, 0.15) is 30.9 Å². The van der Waals surface area contributed by atoms with Crippen molar-refractivity contribution >= 4 is 0 Å². The minimum absolute atomic E-state index is 0.171. The lowest BCUT2D eigenvalue weighted by Gasteiger charge is -2.13. The van der Waals surface area contributed by atoms with Gasteiger partial charge in [-0.1, -0.05) is 0 Å². The number of hydrogen-bond donors (Lipinski definition) is 2. The van der Waals surface area contributed by atoms with Crippen LogP contribution >= 0.6 is 0 Å². The van der Waals surface area contributed by atoms with Gasteiger partial charge in [0, 0.05) is 24.8 Å². The van der Waals surface area contributed by atoms with E-state index in [2.05, 4.69) is 5.32 Å². The van der Waals surface area contributed by atoms with E-state index in [9.17, 15) is 4.39 Å². The minimum atomic E-state index is -0.300. The molecule has 4 heteroatoms. The largest absolute Gasteiger partial charge is 0.396 e. The molecule has 0 aliphatic heterocycles. The quantitative estimate of drug-likeness (QED) is 0.793. The normalized spacial score (nSPS) is 12.1. The van der Waals surface area contributed by atoms with Crippen molar-refractivity contribution in [2.45, 2.75) is 32.4 Å². The number of benzene rings is 1. The maximum Gasteiger partial charge on any atom is 0.127 e. The summed E-state index contributed by atoms with van der Waals surface area (Å²) in [6.45, 7) is 2.56. The van der Waals surface area contributed by atoms with Gasteiger partial charge in [-0.3, -0.25) is 0 Å². The van der Waals surface area contributed by atoms with Crippen LogP contribution in [0.15, 0.2) is 18.2 Å². The first-order valence-corrected chi connectivity index (χ1v) is 5.70. The molecule has 0 amide bonds. The fourth-order valence-corrected chi connectivity index (χ4v) is 1.56. The van der Waals surface area contributed by atoms with Gasteiger partial charge in [-0.15, -0.1) is 0 Å². The second-order valence-electron chi connectivity index (χ2n) is 4.07. The third-order valence-corrected chi connectivity index (χ3v) is 2.61. The molecule has 92 valence electrons. The summed E-state index contributed by atoms with van der Waals surface area (Å²) >= 11 is 0. The standard InChI is InChI=1S/C13H17FN2O/c1-10(3-2-6-17)16-9-12-7-11(8-15)4-5-13(12)14/h4-5,7,10,16-17H,2-3,6,9H2,1H3. The highest BCUT2D eigenvalue weighted by molar-refractivity contribution is 5.33. The van der Waals surface area contributed by atoms with Crippen LogP contribution in [0.4, 0.5) is 4.39 Å². The zero-order valence-electron chi connectivity index (χ0n) is 9.91. The maximum absolute atomic E-state index is 13.4. The van der Waals surface area contributed by atoms with Crippen LogP contribution in [0.25, 0.3) is 0 Å². The second-order valence-corrected chi connectivity index (χ2v) is 4.07. The predicted molar refractivity (Wildman–Crippen MR) is 63.7 cm³/mol. The van der Waals surface area contributed by atoms with Gasteiger partial charge < -0.3 is 10.4 Å². The van der Waals surface area contributed by atoms with Gasteiger partial charge in [0.1, 0.15) is 5.82 Å². The van der Waals surface area contributed by atoms with Crippen LogP contribution in [-0.4, -0.2) is 17.8 Å². The van der Waals surface area contributed by atoms with E-state index in [4.69, 9.17) is 10.4 Å². The van der Waals surface area contributed by atoms with Crippen molar-refractivity contribution in [3.05, 3.63) is 35.1 Å². The number of aliphatic hydroxyl groups excluding tert-OH is 1. The number of halogens is 1. The molecule has 3 nitrogen and oxygen atoms in total. The van der Waals surface area contributed by atoms with Crippen molar-refractivity contribution in [1.29, 1.82) is 5.26 Å². The Kier molecular flexibility index (Phi) is 5.61. The third-order valence-electron chi connectivity index (χ3n) is 2.61. The van der Waals surface area contributed by atoms with E-state index in [0.717, 1.165) is 12.8 Å². The fourth-order valence-electron chi connectivity index (χ4n) is 1.56. The molecular formula is C13H17FN2O. The van der Waals surface area contributed by atoms with Gasteiger partial charge in [0.15, 0.2) is 0 Å². The number of nitrogens with zero attached hydrogens (tertiary/aromatic N) is 1. The molecule has 1 rings (SSSR count). The molecule has 0 aliphatic carbocycles. The van der Waals surface area contributed by atoms with Gasteiger partial charge in [0.25, 0.3) is 0 Å². The van der Waals surface area contributed by atoms with E-state index in [0.29, 0.717) is 17.7 Å². The van der Waals surface area contributed by atoms with E-state index < -0.39 is 0 Å². The SMILES string of the molecule is CC(CCCO)NCc1cc(C#N)ccc1F. The Balaban J connectivity index is 2.54. The fraction of sp³-hybridized carbons (Fsp3) is 0.462. The maximum atomic E-state index is 13.4. The van der Waals surface area contributed by atoms with Gasteiger partial charge in [0.2, 0.25) is 0 Å². The molecule has 0 aromatic heterocycles. The van der Waals surface area contributed by atoms with E-state index in [1.165, 1.54) is 12.1 Å². The molecular weight excluding hydrogens is 219 g/mol. The number of hydrogen-bond acceptors (Lipinski definition) is 3. The molecule has 0 fully saturated rings. The lowest BCUT2D eigenvalue weighted by molar-refractivity contribution is 0.276. The first-order chi connectivity index (χ1) is 8.17. The molecule has 1 aromatic carbocycles.